The van der Waals surface area contributed by atoms with Crippen LogP contribution < -0.4 is 10.2 Å². The Morgan fingerprint density at radius 2 is 1.84 bits per heavy atom. The lowest BCUT2D eigenvalue weighted by molar-refractivity contribution is -0.128. The number of aromatic nitrogens is 1. The molecule has 3 fully saturated rings. The number of rotatable bonds is 5. The van der Waals surface area contributed by atoms with Crippen molar-refractivity contribution in [2.24, 2.45) is 5.92 Å². The van der Waals surface area contributed by atoms with E-state index in [1.165, 1.54) is 0 Å². The van der Waals surface area contributed by atoms with Gasteiger partial charge in [0.1, 0.15) is 23.2 Å². The van der Waals surface area contributed by atoms with E-state index in [1.807, 2.05) is 45.0 Å². The van der Waals surface area contributed by atoms with Crippen molar-refractivity contribution in [3.05, 3.63) is 35.9 Å². The zero-order valence-corrected chi connectivity index (χ0v) is 23.0. The molecule has 3 aliphatic rings. The number of hydrogen-bond donors (Lipinski definition) is 1. The molecule has 1 amide bonds. The highest BCUT2D eigenvalue weighted by Gasteiger charge is 2.48. The van der Waals surface area contributed by atoms with Gasteiger partial charge >= 0.3 is 0 Å². The first-order chi connectivity index (χ1) is 17.9. The van der Waals surface area contributed by atoms with Gasteiger partial charge in [-0.15, -0.1) is 0 Å². The van der Waals surface area contributed by atoms with Gasteiger partial charge in [-0.3, -0.25) is 4.79 Å². The summed E-state index contributed by atoms with van der Waals surface area (Å²) < 4.78 is 44.6. The zero-order valence-electron chi connectivity index (χ0n) is 22.2. The van der Waals surface area contributed by atoms with Crippen LogP contribution in [-0.2, 0) is 20.0 Å². The highest BCUT2D eigenvalue weighted by molar-refractivity contribution is 7.91. The van der Waals surface area contributed by atoms with E-state index in [0.29, 0.717) is 56.1 Å². The summed E-state index contributed by atoms with van der Waals surface area (Å²) in [6, 6.07) is 9.98. The maximum Gasteiger partial charge on any atom is 0.225 e. The Bertz CT molecular complexity index is 1340. The van der Waals surface area contributed by atoms with Crippen LogP contribution in [0.15, 0.2) is 28.7 Å². The van der Waals surface area contributed by atoms with Crippen LogP contribution in [0.2, 0.25) is 0 Å². The molecule has 1 aromatic carbocycles. The van der Waals surface area contributed by atoms with Gasteiger partial charge in [-0.2, -0.15) is 5.26 Å². The Labute approximate surface area is 223 Å². The molecule has 3 unspecified atom stereocenters. The van der Waals surface area contributed by atoms with Crippen LogP contribution in [0.25, 0.3) is 11.3 Å². The Morgan fingerprint density at radius 1 is 1.18 bits per heavy atom. The molecule has 2 heterocycles. The number of anilines is 1. The minimum absolute atomic E-state index is 0.0831. The molecule has 3 atom stereocenters. The lowest BCUT2D eigenvalue weighted by Gasteiger charge is -2.32. The molecule has 1 aromatic heterocycles. The number of nitriles is 1. The monoisotopic (exact) mass is 542 g/mol. The lowest BCUT2D eigenvalue weighted by Crippen LogP contribution is -2.44. The highest BCUT2D eigenvalue weighted by atomic mass is 32.2. The Balaban J connectivity index is 1.47. The molecule has 0 bridgehead atoms. The molecule has 1 N–H and O–H groups in total. The molecule has 2 aromatic rings. The third kappa shape index (κ3) is 5.44. The van der Waals surface area contributed by atoms with Crippen molar-refractivity contribution in [2.45, 2.75) is 75.9 Å². The first-order valence-corrected chi connectivity index (χ1v) is 15.2. The predicted molar refractivity (Wildman–Crippen MR) is 142 cm³/mol. The molecule has 8 nitrogen and oxygen atoms in total. The highest BCUT2D eigenvalue weighted by Crippen LogP contribution is 2.45. The van der Waals surface area contributed by atoms with Crippen molar-refractivity contribution in [3.63, 3.8) is 0 Å². The number of hydrogen-bond acceptors (Lipinski definition) is 7. The standard InChI is InChI=1S/C28H35FN4O4S/c1-27(2,3)26-31-23(18-4-7-20(8-5-18)33-12-14-38(35,36)15-13-33)24(37-26)21-9-6-19(29)16-22(21)25(34)32-28(17-30)10-11-28/h4-5,7-8,19,21-22H,6,9-16H2,1-3H3,(H,32,34). The average Bonchev–Trinajstić information content (AvgIpc) is 3.49. The van der Waals surface area contributed by atoms with Gasteiger partial charge in [0.2, 0.25) is 5.91 Å². The molecule has 10 heteroatoms. The minimum atomic E-state index is -2.97. The van der Waals surface area contributed by atoms with Crippen LogP contribution in [0, 0.1) is 17.2 Å². The van der Waals surface area contributed by atoms with Gasteiger partial charge in [0.15, 0.2) is 15.7 Å². The van der Waals surface area contributed by atoms with Gasteiger partial charge in [-0.1, -0.05) is 32.9 Å². The normalized spacial score (nSPS) is 26.4. The van der Waals surface area contributed by atoms with Crippen LogP contribution >= 0.6 is 0 Å². The largest absolute Gasteiger partial charge is 0.444 e. The Hall–Kier alpha value is -2.93. The fourth-order valence-corrected chi connectivity index (χ4v) is 6.55. The summed E-state index contributed by atoms with van der Waals surface area (Å²) in [5.74, 6) is 0.105. The molecular weight excluding hydrogens is 507 g/mol. The minimum Gasteiger partial charge on any atom is -0.444 e. The van der Waals surface area contributed by atoms with Gasteiger partial charge in [0, 0.05) is 35.7 Å². The summed E-state index contributed by atoms with van der Waals surface area (Å²) in [5, 5.41) is 12.3. The van der Waals surface area contributed by atoms with E-state index in [4.69, 9.17) is 9.40 Å². The second kappa shape index (κ2) is 9.67. The number of amides is 1. The van der Waals surface area contributed by atoms with Gasteiger partial charge in [-0.25, -0.2) is 17.8 Å². The van der Waals surface area contributed by atoms with Gasteiger partial charge in [0.05, 0.1) is 23.5 Å². The second-order valence-electron chi connectivity index (χ2n) is 12.0. The fourth-order valence-electron chi connectivity index (χ4n) is 5.35. The Kier molecular flexibility index (Phi) is 6.79. The first-order valence-electron chi connectivity index (χ1n) is 13.3. The molecule has 5 rings (SSSR count). The molecule has 2 aliphatic carbocycles. The number of halogens is 1. The van der Waals surface area contributed by atoms with E-state index >= 15 is 0 Å². The SMILES string of the molecule is CC(C)(C)c1nc(-c2ccc(N3CCS(=O)(=O)CC3)cc2)c(C2CCC(F)CC2C(=O)NC2(C#N)CC2)o1. The summed E-state index contributed by atoms with van der Waals surface area (Å²) >= 11 is 0. The van der Waals surface area contributed by atoms with Crippen LogP contribution in [-0.4, -0.2) is 55.6 Å². The maximum absolute atomic E-state index is 14.6. The molecule has 1 saturated heterocycles. The molecule has 0 spiro atoms. The number of carbonyl (C=O) groups is 1. The van der Waals surface area contributed by atoms with E-state index < -0.39 is 27.5 Å². The third-order valence-corrected chi connectivity index (χ3v) is 9.54. The van der Waals surface area contributed by atoms with Crippen LogP contribution in [0.1, 0.15) is 70.4 Å². The number of oxazole rings is 1. The summed E-state index contributed by atoms with van der Waals surface area (Å²) in [6.45, 7) is 6.93. The van der Waals surface area contributed by atoms with Crippen molar-refractivity contribution in [1.82, 2.24) is 10.3 Å². The zero-order chi connectivity index (χ0) is 27.3. The number of nitrogens with zero attached hydrogens (tertiary/aromatic N) is 3. The van der Waals surface area contributed by atoms with E-state index in [-0.39, 0.29) is 35.2 Å². The number of nitrogens with one attached hydrogen (secondary N) is 1. The number of carbonyl (C=O) groups excluding carboxylic acids is 1. The summed E-state index contributed by atoms with van der Waals surface area (Å²) in [4.78, 5) is 20.2. The Morgan fingerprint density at radius 3 is 2.42 bits per heavy atom. The summed E-state index contributed by atoms with van der Waals surface area (Å²) in [6.07, 6.45) is 1.01. The van der Waals surface area contributed by atoms with Gasteiger partial charge in [-0.05, 0) is 44.2 Å². The van der Waals surface area contributed by atoms with E-state index in [9.17, 15) is 22.9 Å². The predicted octanol–water partition coefficient (Wildman–Crippen LogP) is 4.27. The smallest absolute Gasteiger partial charge is 0.225 e. The summed E-state index contributed by atoms with van der Waals surface area (Å²) in [7, 11) is -2.97. The van der Waals surface area contributed by atoms with Crippen molar-refractivity contribution < 1.29 is 22.0 Å². The average molecular weight is 543 g/mol. The van der Waals surface area contributed by atoms with E-state index in [0.717, 1.165) is 11.3 Å². The van der Waals surface area contributed by atoms with E-state index in [2.05, 4.69) is 16.3 Å². The van der Waals surface area contributed by atoms with Crippen LogP contribution in [0.4, 0.5) is 10.1 Å². The van der Waals surface area contributed by atoms with Crippen molar-refractivity contribution in [2.75, 3.05) is 29.5 Å². The quantitative estimate of drug-likeness (QED) is 0.600. The van der Waals surface area contributed by atoms with E-state index in [1.54, 1.807) is 0 Å². The van der Waals surface area contributed by atoms with Crippen molar-refractivity contribution >= 4 is 21.4 Å². The number of alkyl halides is 1. The van der Waals surface area contributed by atoms with Crippen LogP contribution in [0.3, 0.4) is 0 Å². The fraction of sp³-hybridized carbons (Fsp3) is 0.607. The number of sulfone groups is 1. The second-order valence-corrected chi connectivity index (χ2v) is 14.3. The maximum atomic E-state index is 14.6. The molecule has 204 valence electrons. The van der Waals surface area contributed by atoms with Crippen molar-refractivity contribution in [3.8, 4) is 17.3 Å². The molecular formula is C28H35FN4O4S. The van der Waals surface area contributed by atoms with Crippen molar-refractivity contribution in [1.29, 1.82) is 5.26 Å². The first kappa shape index (κ1) is 26.7. The molecule has 0 radical (unpaired) electrons. The van der Waals surface area contributed by atoms with Crippen LogP contribution in [0.5, 0.6) is 0 Å². The molecule has 38 heavy (non-hydrogen) atoms. The summed E-state index contributed by atoms with van der Waals surface area (Å²) in [5.41, 5.74) is 1.20. The number of benzene rings is 1. The van der Waals surface area contributed by atoms with Gasteiger partial charge in [0.25, 0.3) is 0 Å². The topological polar surface area (TPSA) is 116 Å². The third-order valence-electron chi connectivity index (χ3n) is 7.93. The van der Waals surface area contributed by atoms with Gasteiger partial charge < -0.3 is 14.6 Å². The molecule has 1 aliphatic heterocycles. The lowest BCUT2D eigenvalue weighted by atomic mass is 9.75. The molecule has 2 saturated carbocycles.